The first-order valence-corrected chi connectivity index (χ1v) is 8.12. The lowest BCUT2D eigenvalue weighted by atomic mass is 10.2. The number of amides is 1. The Labute approximate surface area is 148 Å². The van der Waals surface area contributed by atoms with Crippen molar-refractivity contribution in [3.05, 3.63) is 76.7 Å². The van der Waals surface area contributed by atoms with Gasteiger partial charge in [-0.1, -0.05) is 15.9 Å². The van der Waals surface area contributed by atoms with Gasteiger partial charge in [0.15, 0.2) is 0 Å². The number of nitrogens with one attached hydrogen (secondary N) is 2. The largest absolute Gasteiger partial charge is 0.354 e. The normalized spacial score (nSPS) is 10.2. The van der Waals surface area contributed by atoms with Gasteiger partial charge in [-0.25, -0.2) is 4.98 Å². The summed E-state index contributed by atoms with van der Waals surface area (Å²) < 4.78 is 1.07. The number of aromatic nitrogens is 2. The van der Waals surface area contributed by atoms with Crippen molar-refractivity contribution in [1.29, 1.82) is 0 Å². The lowest BCUT2D eigenvalue weighted by Crippen LogP contribution is -2.13. The quantitative estimate of drug-likeness (QED) is 0.694. The molecule has 1 aromatic carbocycles. The second-order valence-corrected chi connectivity index (χ2v) is 6.07. The average Bonchev–Trinajstić information content (AvgIpc) is 2.61. The summed E-state index contributed by atoms with van der Waals surface area (Å²) >= 11 is 3.48. The van der Waals surface area contributed by atoms with Gasteiger partial charge in [0.2, 0.25) is 0 Å². The van der Waals surface area contributed by atoms with Crippen LogP contribution < -0.4 is 10.6 Å². The van der Waals surface area contributed by atoms with E-state index < -0.39 is 0 Å². The van der Waals surface area contributed by atoms with Crippen LogP contribution in [-0.4, -0.2) is 15.9 Å². The number of aryl methyl sites for hydroxylation is 1. The standard InChI is InChI=1S/C18H15BrN4O/c1-12-9-14(4-6-16(12)19)22-15-5-7-17(21-11-15)23-18(24)13-3-2-8-20-10-13/h2-11,22H,1H3,(H,21,23,24). The van der Waals surface area contributed by atoms with E-state index >= 15 is 0 Å². The molecule has 2 heterocycles. The molecular formula is C18H15BrN4O. The first-order chi connectivity index (χ1) is 11.6. The molecule has 0 aliphatic heterocycles. The fourth-order valence-corrected chi connectivity index (χ4v) is 2.36. The third kappa shape index (κ3) is 3.97. The van der Waals surface area contributed by atoms with Crippen LogP contribution in [0.25, 0.3) is 0 Å². The molecular weight excluding hydrogens is 368 g/mol. The van der Waals surface area contributed by atoms with Crippen LogP contribution in [0.5, 0.6) is 0 Å². The zero-order chi connectivity index (χ0) is 16.9. The topological polar surface area (TPSA) is 66.9 Å². The molecule has 6 heteroatoms. The van der Waals surface area contributed by atoms with Crippen molar-refractivity contribution in [3.8, 4) is 0 Å². The van der Waals surface area contributed by atoms with Crippen LogP contribution in [0.4, 0.5) is 17.2 Å². The van der Waals surface area contributed by atoms with Gasteiger partial charge in [-0.2, -0.15) is 0 Å². The Morgan fingerprint density at radius 1 is 1.08 bits per heavy atom. The summed E-state index contributed by atoms with van der Waals surface area (Å²) in [6.07, 6.45) is 4.82. The Bertz CT molecular complexity index is 851. The Morgan fingerprint density at radius 3 is 2.58 bits per heavy atom. The smallest absolute Gasteiger partial charge is 0.258 e. The van der Waals surface area contributed by atoms with Gasteiger partial charge >= 0.3 is 0 Å². The Morgan fingerprint density at radius 2 is 1.92 bits per heavy atom. The van der Waals surface area contributed by atoms with E-state index in [-0.39, 0.29) is 5.91 Å². The maximum absolute atomic E-state index is 12.0. The summed E-state index contributed by atoms with van der Waals surface area (Å²) in [6, 6.07) is 13.1. The third-order valence-electron chi connectivity index (χ3n) is 3.38. The SMILES string of the molecule is Cc1cc(Nc2ccc(NC(=O)c3cccnc3)nc2)ccc1Br. The van der Waals surface area contributed by atoms with Gasteiger partial charge in [0, 0.05) is 22.6 Å². The molecule has 24 heavy (non-hydrogen) atoms. The molecule has 0 unspecified atom stereocenters. The molecule has 0 bridgehead atoms. The lowest BCUT2D eigenvalue weighted by molar-refractivity contribution is 0.102. The maximum Gasteiger partial charge on any atom is 0.258 e. The van der Waals surface area contributed by atoms with Crippen molar-refractivity contribution in [2.75, 3.05) is 10.6 Å². The van der Waals surface area contributed by atoms with Crippen molar-refractivity contribution < 1.29 is 4.79 Å². The summed E-state index contributed by atoms with van der Waals surface area (Å²) in [5.74, 6) is 0.251. The maximum atomic E-state index is 12.0. The molecule has 1 amide bonds. The van der Waals surface area contributed by atoms with E-state index in [1.165, 1.54) is 6.20 Å². The minimum absolute atomic E-state index is 0.236. The van der Waals surface area contributed by atoms with E-state index in [9.17, 15) is 4.79 Å². The third-order valence-corrected chi connectivity index (χ3v) is 4.27. The predicted octanol–water partition coefficient (Wildman–Crippen LogP) is 4.54. The molecule has 0 saturated heterocycles. The van der Waals surface area contributed by atoms with Crippen LogP contribution >= 0.6 is 15.9 Å². The van der Waals surface area contributed by atoms with Crippen molar-refractivity contribution >= 4 is 39.0 Å². The van der Waals surface area contributed by atoms with Gasteiger partial charge in [0.1, 0.15) is 5.82 Å². The summed E-state index contributed by atoms with van der Waals surface area (Å²) in [5, 5.41) is 6.02. The van der Waals surface area contributed by atoms with Crippen LogP contribution in [0.3, 0.4) is 0 Å². The fourth-order valence-electron chi connectivity index (χ4n) is 2.12. The number of carbonyl (C=O) groups excluding carboxylic acids is 1. The van der Waals surface area contributed by atoms with E-state index in [4.69, 9.17) is 0 Å². The predicted molar refractivity (Wildman–Crippen MR) is 98.6 cm³/mol. The second kappa shape index (κ2) is 7.23. The highest BCUT2D eigenvalue weighted by atomic mass is 79.9. The first-order valence-electron chi connectivity index (χ1n) is 7.32. The molecule has 3 aromatic rings. The van der Waals surface area contributed by atoms with E-state index in [0.717, 1.165) is 21.4 Å². The van der Waals surface area contributed by atoms with E-state index in [1.54, 1.807) is 30.6 Å². The van der Waals surface area contributed by atoms with Crippen LogP contribution in [0.1, 0.15) is 15.9 Å². The Kier molecular flexibility index (Phi) is 4.86. The van der Waals surface area contributed by atoms with Gasteiger partial charge in [0.25, 0.3) is 5.91 Å². The van der Waals surface area contributed by atoms with Crippen LogP contribution in [0.15, 0.2) is 65.5 Å². The summed E-state index contributed by atoms with van der Waals surface area (Å²) in [5.41, 5.74) is 3.46. The number of carbonyl (C=O) groups is 1. The zero-order valence-corrected chi connectivity index (χ0v) is 14.5. The highest BCUT2D eigenvalue weighted by Crippen LogP contribution is 2.23. The summed E-state index contributed by atoms with van der Waals surface area (Å²) in [4.78, 5) is 20.2. The molecule has 5 nitrogen and oxygen atoms in total. The highest BCUT2D eigenvalue weighted by molar-refractivity contribution is 9.10. The molecule has 0 saturated carbocycles. The molecule has 2 N–H and O–H groups in total. The number of halogens is 1. The summed E-state index contributed by atoms with van der Waals surface area (Å²) in [6.45, 7) is 2.03. The Balaban J connectivity index is 1.67. The molecule has 0 aliphatic rings. The molecule has 0 atom stereocenters. The number of hydrogen-bond acceptors (Lipinski definition) is 4. The number of hydrogen-bond donors (Lipinski definition) is 2. The molecule has 2 aromatic heterocycles. The monoisotopic (exact) mass is 382 g/mol. The number of nitrogens with zero attached hydrogens (tertiary/aromatic N) is 2. The minimum Gasteiger partial charge on any atom is -0.354 e. The van der Waals surface area contributed by atoms with E-state index in [2.05, 4.69) is 36.5 Å². The molecule has 3 rings (SSSR count). The van der Waals surface area contributed by atoms with Crippen molar-refractivity contribution in [2.45, 2.75) is 6.92 Å². The average molecular weight is 383 g/mol. The van der Waals surface area contributed by atoms with Crippen LogP contribution in [-0.2, 0) is 0 Å². The van der Waals surface area contributed by atoms with Gasteiger partial charge in [-0.05, 0) is 55.0 Å². The number of rotatable bonds is 4. The van der Waals surface area contributed by atoms with E-state index in [0.29, 0.717) is 11.4 Å². The van der Waals surface area contributed by atoms with Crippen LogP contribution in [0.2, 0.25) is 0 Å². The molecule has 0 radical (unpaired) electrons. The Hall–Kier alpha value is -2.73. The second-order valence-electron chi connectivity index (χ2n) is 5.22. The van der Waals surface area contributed by atoms with Crippen molar-refractivity contribution in [3.63, 3.8) is 0 Å². The summed E-state index contributed by atoms with van der Waals surface area (Å²) in [7, 11) is 0. The lowest BCUT2D eigenvalue weighted by Gasteiger charge is -2.09. The van der Waals surface area contributed by atoms with Gasteiger partial charge < -0.3 is 10.6 Å². The molecule has 0 fully saturated rings. The van der Waals surface area contributed by atoms with Gasteiger partial charge in [-0.3, -0.25) is 9.78 Å². The van der Waals surface area contributed by atoms with Gasteiger partial charge in [0.05, 0.1) is 17.4 Å². The minimum atomic E-state index is -0.236. The number of anilines is 3. The molecule has 120 valence electrons. The van der Waals surface area contributed by atoms with Crippen LogP contribution in [0, 0.1) is 6.92 Å². The highest BCUT2D eigenvalue weighted by Gasteiger charge is 2.06. The van der Waals surface area contributed by atoms with Crippen molar-refractivity contribution in [2.24, 2.45) is 0 Å². The molecule has 0 aliphatic carbocycles. The van der Waals surface area contributed by atoms with E-state index in [1.807, 2.05) is 31.2 Å². The van der Waals surface area contributed by atoms with Gasteiger partial charge in [-0.15, -0.1) is 0 Å². The van der Waals surface area contributed by atoms with Crippen molar-refractivity contribution in [1.82, 2.24) is 9.97 Å². The molecule has 0 spiro atoms. The fraction of sp³-hybridized carbons (Fsp3) is 0.0556. The first kappa shape index (κ1) is 16.1. The zero-order valence-electron chi connectivity index (χ0n) is 13.0. The number of benzene rings is 1. The number of pyridine rings is 2.